The zero-order valence-electron chi connectivity index (χ0n) is 14.0. The van der Waals surface area contributed by atoms with Gasteiger partial charge in [-0.15, -0.1) is 0 Å². The van der Waals surface area contributed by atoms with E-state index in [1.807, 2.05) is 11.8 Å². The highest BCUT2D eigenvalue weighted by atomic mass is 32.2. The second-order valence-electron chi connectivity index (χ2n) is 5.68. The van der Waals surface area contributed by atoms with Crippen LogP contribution in [0.3, 0.4) is 0 Å². The number of nitrogens with one attached hydrogen (secondary N) is 2. The highest BCUT2D eigenvalue weighted by molar-refractivity contribution is 7.98. The summed E-state index contributed by atoms with van der Waals surface area (Å²) in [6.45, 7) is 7.20. The van der Waals surface area contributed by atoms with Crippen LogP contribution in [0, 0.1) is 20.8 Å². The lowest BCUT2D eigenvalue weighted by atomic mass is 10.1. The SMILES string of the molecule is Cc1ccc(C)c(NC(=S)NCCSCc2ccccc2C)c1. The van der Waals surface area contributed by atoms with E-state index in [0.717, 1.165) is 23.7 Å². The number of thioether (sulfide) groups is 1. The minimum atomic E-state index is 0.690. The van der Waals surface area contributed by atoms with Gasteiger partial charge in [0.1, 0.15) is 0 Å². The Balaban J connectivity index is 1.69. The first-order chi connectivity index (χ1) is 11.1. The van der Waals surface area contributed by atoms with Gasteiger partial charge in [0.05, 0.1) is 0 Å². The van der Waals surface area contributed by atoms with Crippen molar-refractivity contribution in [3.8, 4) is 0 Å². The van der Waals surface area contributed by atoms with Crippen molar-refractivity contribution < 1.29 is 0 Å². The number of aryl methyl sites for hydroxylation is 3. The smallest absolute Gasteiger partial charge is 0.170 e. The van der Waals surface area contributed by atoms with Crippen molar-refractivity contribution in [2.75, 3.05) is 17.6 Å². The fourth-order valence-electron chi connectivity index (χ4n) is 2.23. The monoisotopic (exact) mass is 344 g/mol. The molecule has 0 fully saturated rings. The summed E-state index contributed by atoms with van der Waals surface area (Å²) in [5.41, 5.74) is 6.28. The second kappa shape index (κ2) is 8.94. The van der Waals surface area contributed by atoms with Gasteiger partial charge in [-0.1, -0.05) is 36.4 Å². The molecule has 2 aromatic rings. The van der Waals surface area contributed by atoms with Crippen LogP contribution < -0.4 is 10.6 Å². The first kappa shape index (κ1) is 17.8. The molecular weight excluding hydrogens is 320 g/mol. The molecule has 0 radical (unpaired) electrons. The van der Waals surface area contributed by atoms with E-state index in [-0.39, 0.29) is 0 Å². The average molecular weight is 345 g/mol. The van der Waals surface area contributed by atoms with Gasteiger partial charge in [-0.05, 0) is 61.3 Å². The van der Waals surface area contributed by atoms with Crippen molar-refractivity contribution in [2.45, 2.75) is 26.5 Å². The van der Waals surface area contributed by atoms with Crippen LogP contribution in [0.15, 0.2) is 42.5 Å². The van der Waals surface area contributed by atoms with Crippen molar-refractivity contribution >= 4 is 34.8 Å². The molecule has 0 heterocycles. The number of hydrogen-bond acceptors (Lipinski definition) is 2. The number of rotatable bonds is 6. The zero-order chi connectivity index (χ0) is 16.7. The average Bonchev–Trinajstić information content (AvgIpc) is 2.52. The molecule has 0 aliphatic rings. The quantitative estimate of drug-likeness (QED) is 0.579. The number of thiocarbonyl (C=S) groups is 1. The fraction of sp³-hybridized carbons (Fsp3) is 0.316. The molecule has 0 atom stereocenters. The molecule has 0 saturated heterocycles. The van der Waals surface area contributed by atoms with Gasteiger partial charge in [-0.25, -0.2) is 0 Å². The maximum atomic E-state index is 5.37. The van der Waals surface area contributed by atoms with E-state index >= 15 is 0 Å². The fourth-order valence-corrected chi connectivity index (χ4v) is 3.37. The zero-order valence-corrected chi connectivity index (χ0v) is 15.6. The third-order valence-corrected chi connectivity index (χ3v) is 4.95. The van der Waals surface area contributed by atoms with E-state index in [9.17, 15) is 0 Å². The topological polar surface area (TPSA) is 24.1 Å². The maximum Gasteiger partial charge on any atom is 0.170 e. The minimum absolute atomic E-state index is 0.690. The molecule has 0 aliphatic heterocycles. The molecule has 2 nitrogen and oxygen atoms in total. The Morgan fingerprint density at radius 1 is 1.04 bits per heavy atom. The van der Waals surface area contributed by atoms with Gasteiger partial charge in [-0.2, -0.15) is 11.8 Å². The molecule has 0 bridgehead atoms. The van der Waals surface area contributed by atoms with E-state index < -0.39 is 0 Å². The predicted octanol–water partition coefficient (Wildman–Crippen LogP) is 4.83. The van der Waals surface area contributed by atoms with Crippen molar-refractivity contribution in [3.05, 3.63) is 64.7 Å². The lowest BCUT2D eigenvalue weighted by Gasteiger charge is -2.13. The standard InChI is InChI=1S/C19H24N2S2/c1-14-8-9-16(3)18(12-14)21-19(22)20-10-11-23-13-17-7-5-4-6-15(17)2/h4-9,12H,10-11,13H2,1-3H3,(H2,20,21,22). The normalized spacial score (nSPS) is 10.4. The van der Waals surface area contributed by atoms with Crippen LogP contribution in [0.2, 0.25) is 0 Å². The van der Waals surface area contributed by atoms with E-state index in [4.69, 9.17) is 12.2 Å². The van der Waals surface area contributed by atoms with Crippen molar-refractivity contribution in [1.82, 2.24) is 5.32 Å². The molecule has 0 aliphatic carbocycles. The summed E-state index contributed by atoms with van der Waals surface area (Å²) in [6, 6.07) is 14.9. The van der Waals surface area contributed by atoms with Crippen molar-refractivity contribution in [1.29, 1.82) is 0 Å². The number of benzene rings is 2. The van der Waals surface area contributed by atoms with E-state index in [1.54, 1.807) is 0 Å². The maximum absolute atomic E-state index is 5.37. The van der Waals surface area contributed by atoms with Crippen LogP contribution in [-0.2, 0) is 5.75 Å². The molecule has 0 unspecified atom stereocenters. The highest BCUT2D eigenvalue weighted by Gasteiger charge is 2.02. The van der Waals surface area contributed by atoms with E-state index in [2.05, 4.69) is 73.9 Å². The highest BCUT2D eigenvalue weighted by Crippen LogP contribution is 2.17. The Morgan fingerprint density at radius 3 is 2.61 bits per heavy atom. The molecule has 23 heavy (non-hydrogen) atoms. The van der Waals surface area contributed by atoms with Crippen LogP contribution in [0.4, 0.5) is 5.69 Å². The molecule has 2 N–H and O–H groups in total. The minimum Gasteiger partial charge on any atom is -0.362 e. The molecule has 4 heteroatoms. The van der Waals surface area contributed by atoms with Gasteiger partial charge in [-0.3, -0.25) is 0 Å². The van der Waals surface area contributed by atoms with Crippen LogP contribution in [0.5, 0.6) is 0 Å². The third-order valence-electron chi connectivity index (χ3n) is 3.69. The van der Waals surface area contributed by atoms with Crippen LogP contribution in [0.25, 0.3) is 0 Å². The Kier molecular flexibility index (Phi) is 6.93. The van der Waals surface area contributed by atoms with Gasteiger partial charge in [0.2, 0.25) is 0 Å². The van der Waals surface area contributed by atoms with Gasteiger partial charge >= 0.3 is 0 Å². The van der Waals surface area contributed by atoms with Crippen molar-refractivity contribution in [3.63, 3.8) is 0 Å². The first-order valence-electron chi connectivity index (χ1n) is 7.80. The van der Waals surface area contributed by atoms with Crippen molar-refractivity contribution in [2.24, 2.45) is 0 Å². The molecule has 2 aromatic carbocycles. The van der Waals surface area contributed by atoms with Gasteiger partial charge in [0.15, 0.2) is 5.11 Å². The molecule has 0 spiro atoms. The van der Waals surface area contributed by atoms with Crippen LogP contribution in [0.1, 0.15) is 22.3 Å². The Bertz CT molecular complexity index is 668. The lowest BCUT2D eigenvalue weighted by molar-refractivity contribution is 0.989. The number of hydrogen-bond donors (Lipinski definition) is 2. The molecule has 2 rings (SSSR count). The predicted molar refractivity (Wildman–Crippen MR) is 107 cm³/mol. The molecular formula is C19H24N2S2. The summed E-state index contributed by atoms with van der Waals surface area (Å²) in [6.07, 6.45) is 0. The summed E-state index contributed by atoms with van der Waals surface area (Å²) >= 11 is 7.30. The lowest BCUT2D eigenvalue weighted by Crippen LogP contribution is -2.30. The molecule has 0 amide bonds. The van der Waals surface area contributed by atoms with Crippen LogP contribution >= 0.6 is 24.0 Å². The van der Waals surface area contributed by atoms with Gasteiger partial charge < -0.3 is 10.6 Å². The molecule has 0 saturated carbocycles. The van der Waals surface area contributed by atoms with Gasteiger partial charge in [0, 0.05) is 23.7 Å². The summed E-state index contributed by atoms with van der Waals surface area (Å²) in [4.78, 5) is 0. The Morgan fingerprint density at radius 2 is 1.83 bits per heavy atom. The van der Waals surface area contributed by atoms with E-state index in [0.29, 0.717) is 5.11 Å². The van der Waals surface area contributed by atoms with Crippen LogP contribution in [-0.4, -0.2) is 17.4 Å². The number of anilines is 1. The third kappa shape index (κ3) is 5.88. The summed E-state index contributed by atoms with van der Waals surface area (Å²) in [5, 5.41) is 7.25. The molecule has 122 valence electrons. The summed E-state index contributed by atoms with van der Waals surface area (Å²) in [5.74, 6) is 2.08. The van der Waals surface area contributed by atoms with Gasteiger partial charge in [0.25, 0.3) is 0 Å². The first-order valence-corrected chi connectivity index (χ1v) is 9.37. The summed E-state index contributed by atoms with van der Waals surface area (Å²) in [7, 11) is 0. The van der Waals surface area contributed by atoms with E-state index in [1.165, 1.54) is 22.3 Å². The Hall–Kier alpha value is -1.52. The largest absolute Gasteiger partial charge is 0.362 e. The second-order valence-corrected chi connectivity index (χ2v) is 7.19. The Labute approximate surface area is 149 Å². The summed E-state index contributed by atoms with van der Waals surface area (Å²) < 4.78 is 0. The molecule has 0 aromatic heterocycles.